The Balaban J connectivity index is 1.26. The lowest BCUT2D eigenvalue weighted by Gasteiger charge is -2.35. The second kappa shape index (κ2) is 8.23. The molecule has 2 aliphatic carbocycles. The number of carbonyl (C=O) groups is 1. The monoisotopic (exact) mass is 421 g/mol. The number of carbonyl (C=O) groups excluding carboxylic acids is 1. The molecule has 0 spiro atoms. The molecular weight excluding hydrogens is 390 g/mol. The van der Waals surface area contributed by atoms with Crippen LogP contribution in [0.3, 0.4) is 0 Å². The van der Waals surface area contributed by atoms with Crippen molar-refractivity contribution in [1.82, 2.24) is 14.9 Å². The van der Waals surface area contributed by atoms with Crippen LogP contribution >= 0.6 is 0 Å². The van der Waals surface area contributed by atoms with Gasteiger partial charge in [-0.25, -0.2) is 0 Å². The molecule has 3 heterocycles. The third kappa shape index (κ3) is 4.05. The van der Waals surface area contributed by atoms with Crippen LogP contribution < -0.4 is 4.74 Å². The number of aliphatic hydroxyl groups excluding tert-OH is 1. The Morgan fingerprint density at radius 1 is 1.13 bits per heavy atom. The Kier molecular flexibility index (Phi) is 5.42. The molecule has 0 unspecified atom stereocenters. The molecule has 1 aliphatic heterocycles. The maximum absolute atomic E-state index is 13.2. The van der Waals surface area contributed by atoms with Crippen LogP contribution in [0.25, 0.3) is 0 Å². The van der Waals surface area contributed by atoms with Crippen LogP contribution in [0.15, 0.2) is 24.4 Å². The van der Waals surface area contributed by atoms with E-state index in [2.05, 4.69) is 16.0 Å². The van der Waals surface area contributed by atoms with Gasteiger partial charge in [-0.3, -0.25) is 14.8 Å². The fraction of sp³-hybridized carbons (Fsp3) is 0.560. The Labute approximate surface area is 183 Å². The Morgan fingerprint density at radius 2 is 1.90 bits per heavy atom. The van der Waals surface area contributed by atoms with E-state index in [0.717, 1.165) is 48.6 Å². The highest BCUT2D eigenvalue weighted by molar-refractivity contribution is 5.94. The SMILES string of the molecule is Cc1ccc(O[C@@H]2C[C@@H]3CN(C(=O)c4cnc5c(c4)CCCC5)C[C@@H]3C[C@H]2O)c(C)n1. The molecule has 6 nitrogen and oxygen atoms in total. The number of ether oxygens (including phenoxy) is 1. The van der Waals surface area contributed by atoms with Gasteiger partial charge in [-0.05, 0) is 88.0 Å². The number of likely N-dealkylation sites (tertiary alicyclic amines) is 1. The quantitative estimate of drug-likeness (QED) is 0.823. The normalized spacial score (nSPS) is 27.5. The van der Waals surface area contributed by atoms with Gasteiger partial charge in [0.2, 0.25) is 0 Å². The third-order valence-electron chi connectivity index (χ3n) is 7.24. The predicted molar refractivity (Wildman–Crippen MR) is 117 cm³/mol. The van der Waals surface area contributed by atoms with Gasteiger partial charge in [0.15, 0.2) is 0 Å². The van der Waals surface area contributed by atoms with E-state index < -0.39 is 6.10 Å². The largest absolute Gasteiger partial charge is 0.486 e. The van der Waals surface area contributed by atoms with E-state index >= 15 is 0 Å². The molecule has 1 saturated carbocycles. The number of aryl methyl sites for hydroxylation is 4. The van der Waals surface area contributed by atoms with Gasteiger partial charge in [0, 0.05) is 30.7 Å². The molecule has 4 atom stereocenters. The van der Waals surface area contributed by atoms with E-state index in [0.29, 0.717) is 30.4 Å². The van der Waals surface area contributed by atoms with Gasteiger partial charge in [0.25, 0.3) is 5.91 Å². The van der Waals surface area contributed by atoms with Crippen molar-refractivity contribution < 1.29 is 14.6 Å². The van der Waals surface area contributed by atoms with Crippen LogP contribution in [-0.2, 0) is 12.8 Å². The molecule has 0 radical (unpaired) electrons. The Hall–Kier alpha value is -2.47. The van der Waals surface area contributed by atoms with Crippen LogP contribution in [0, 0.1) is 25.7 Å². The van der Waals surface area contributed by atoms with E-state index in [1.54, 1.807) is 6.20 Å². The third-order valence-corrected chi connectivity index (χ3v) is 7.24. The average Bonchev–Trinajstić information content (AvgIpc) is 3.17. The lowest BCUT2D eigenvalue weighted by molar-refractivity contribution is -0.0236. The minimum atomic E-state index is -0.526. The summed E-state index contributed by atoms with van der Waals surface area (Å²) in [5.74, 6) is 1.48. The molecule has 5 rings (SSSR count). The molecule has 1 N–H and O–H groups in total. The summed E-state index contributed by atoms with van der Waals surface area (Å²) < 4.78 is 6.18. The Morgan fingerprint density at radius 3 is 2.71 bits per heavy atom. The second-order valence-electron chi connectivity index (χ2n) is 9.50. The van der Waals surface area contributed by atoms with Gasteiger partial charge >= 0.3 is 0 Å². The molecule has 0 bridgehead atoms. The highest BCUT2D eigenvalue weighted by Gasteiger charge is 2.44. The second-order valence-corrected chi connectivity index (χ2v) is 9.50. The fourth-order valence-corrected chi connectivity index (χ4v) is 5.53. The molecule has 2 aromatic rings. The molecule has 3 aliphatic rings. The van der Waals surface area contributed by atoms with Gasteiger partial charge < -0.3 is 14.7 Å². The van der Waals surface area contributed by atoms with E-state index in [4.69, 9.17) is 4.74 Å². The van der Waals surface area contributed by atoms with Crippen LogP contribution in [0.1, 0.15) is 58.7 Å². The lowest BCUT2D eigenvalue weighted by Crippen LogP contribution is -2.42. The van der Waals surface area contributed by atoms with Crippen molar-refractivity contribution in [1.29, 1.82) is 0 Å². The number of rotatable bonds is 3. The van der Waals surface area contributed by atoms with Crippen LogP contribution in [0.4, 0.5) is 0 Å². The number of nitrogens with zero attached hydrogens (tertiary/aromatic N) is 3. The van der Waals surface area contributed by atoms with E-state index in [1.807, 2.05) is 30.9 Å². The first-order chi connectivity index (χ1) is 15.0. The molecule has 1 saturated heterocycles. The molecule has 2 aromatic heterocycles. The summed E-state index contributed by atoms with van der Waals surface area (Å²) in [5, 5.41) is 10.7. The summed E-state index contributed by atoms with van der Waals surface area (Å²) in [4.78, 5) is 24.2. The minimum Gasteiger partial charge on any atom is -0.486 e. The number of amides is 1. The van der Waals surface area contributed by atoms with Crippen molar-refractivity contribution in [3.63, 3.8) is 0 Å². The zero-order valence-electron chi connectivity index (χ0n) is 18.4. The van der Waals surface area contributed by atoms with Gasteiger partial charge in [-0.1, -0.05) is 0 Å². The first-order valence-electron chi connectivity index (χ1n) is 11.5. The minimum absolute atomic E-state index is 0.0702. The number of aliphatic hydroxyl groups is 1. The molecule has 0 aromatic carbocycles. The van der Waals surface area contributed by atoms with Crippen LogP contribution in [-0.4, -0.2) is 51.2 Å². The summed E-state index contributed by atoms with van der Waals surface area (Å²) in [6.45, 7) is 5.32. The number of hydrogen-bond acceptors (Lipinski definition) is 5. The first kappa shape index (κ1) is 20.4. The maximum Gasteiger partial charge on any atom is 0.255 e. The zero-order valence-corrected chi connectivity index (χ0v) is 18.4. The molecular formula is C25H31N3O3. The predicted octanol–water partition coefficient (Wildman–Crippen LogP) is 3.26. The van der Waals surface area contributed by atoms with Crippen molar-refractivity contribution in [3.8, 4) is 5.75 Å². The number of aromatic nitrogens is 2. The van der Waals surface area contributed by atoms with Crippen molar-refractivity contribution in [3.05, 3.63) is 52.6 Å². The van der Waals surface area contributed by atoms with Crippen molar-refractivity contribution >= 4 is 5.91 Å². The van der Waals surface area contributed by atoms with Crippen molar-refractivity contribution in [2.75, 3.05) is 13.1 Å². The Bertz CT molecular complexity index is 992. The summed E-state index contributed by atoms with van der Waals surface area (Å²) in [6, 6.07) is 5.92. The van der Waals surface area contributed by atoms with Crippen LogP contribution in [0.5, 0.6) is 5.75 Å². The van der Waals surface area contributed by atoms with E-state index in [1.165, 1.54) is 18.4 Å². The molecule has 2 fully saturated rings. The maximum atomic E-state index is 13.2. The molecule has 1 amide bonds. The number of hydrogen-bond donors (Lipinski definition) is 1. The average molecular weight is 422 g/mol. The summed E-state index contributed by atoms with van der Waals surface area (Å²) in [6.07, 6.45) is 6.79. The highest BCUT2D eigenvalue weighted by atomic mass is 16.5. The summed E-state index contributed by atoms with van der Waals surface area (Å²) >= 11 is 0. The molecule has 31 heavy (non-hydrogen) atoms. The molecule has 6 heteroatoms. The van der Waals surface area contributed by atoms with Gasteiger partial charge in [0.05, 0.1) is 17.4 Å². The fourth-order valence-electron chi connectivity index (χ4n) is 5.53. The van der Waals surface area contributed by atoms with Gasteiger partial charge in [-0.2, -0.15) is 0 Å². The van der Waals surface area contributed by atoms with Crippen molar-refractivity contribution in [2.24, 2.45) is 11.8 Å². The topological polar surface area (TPSA) is 75.5 Å². The van der Waals surface area contributed by atoms with Crippen molar-refractivity contribution in [2.45, 2.75) is 64.6 Å². The lowest BCUT2D eigenvalue weighted by atomic mass is 9.78. The van der Waals surface area contributed by atoms with E-state index in [-0.39, 0.29) is 12.0 Å². The number of pyridine rings is 2. The first-order valence-corrected chi connectivity index (χ1v) is 11.5. The standard InChI is InChI=1S/C25H31N3O3/c1-15-7-8-23(16(2)27-15)31-24-11-20-14-28(13-19(20)10-22(24)29)25(30)18-9-17-5-3-4-6-21(17)26-12-18/h7-9,12,19-20,22,24,29H,3-6,10-11,13-14H2,1-2H3/t19-,20+,22+,24+/m0/s1. The zero-order chi connectivity index (χ0) is 21.5. The van der Waals surface area contributed by atoms with Gasteiger partial charge in [-0.15, -0.1) is 0 Å². The van der Waals surface area contributed by atoms with Crippen LogP contribution in [0.2, 0.25) is 0 Å². The highest BCUT2D eigenvalue weighted by Crippen LogP contribution is 2.39. The summed E-state index contributed by atoms with van der Waals surface area (Å²) in [5.41, 5.74) is 4.89. The summed E-state index contributed by atoms with van der Waals surface area (Å²) in [7, 11) is 0. The van der Waals surface area contributed by atoms with Gasteiger partial charge in [0.1, 0.15) is 11.9 Å². The van der Waals surface area contributed by atoms with E-state index in [9.17, 15) is 9.90 Å². The number of fused-ring (bicyclic) bond motifs is 2. The molecule has 164 valence electrons. The smallest absolute Gasteiger partial charge is 0.255 e.